The summed E-state index contributed by atoms with van der Waals surface area (Å²) in [5.41, 5.74) is 2.78. The molecule has 1 fully saturated rings. The summed E-state index contributed by atoms with van der Waals surface area (Å²) < 4.78 is 0. The molecule has 0 unspecified atom stereocenters. The minimum absolute atomic E-state index is 0.778. The van der Waals surface area contributed by atoms with Gasteiger partial charge in [-0.25, -0.2) is 15.0 Å². The lowest BCUT2D eigenvalue weighted by atomic mass is 9.96. The molecule has 32 heavy (non-hydrogen) atoms. The molecule has 0 bridgehead atoms. The second-order valence-corrected chi connectivity index (χ2v) is 9.76. The average Bonchev–Trinajstić information content (AvgIpc) is 3.23. The van der Waals surface area contributed by atoms with Crippen LogP contribution in [0.4, 0.5) is 11.6 Å². The van der Waals surface area contributed by atoms with Crippen molar-refractivity contribution in [1.82, 2.24) is 15.0 Å². The van der Waals surface area contributed by atoms with E-state index in [4.69, 9.17) is 9.97 Å². The van der Waals surface area contributed by atoms with E-state index < -0.39 is 0 Å². The van der Waals surface area contributed by atoms with Crippen LogP contribution in [0.25, 0.3) is 10.2 Å². The zero-order valence-electron chi connectivity index (χ0n) is 18.2. The van der Waals surface area contributed by atoms with Crippen molar-refractivity contribution in [3.8, 4) is 0 Å². The number of nitrogens with zero attached hydrogens (tertiary/aromatic N) is 5. The number of aryl methyl sites for hydroxylation is 2. The topological polar surface area (TPSA) is 45.2 Å². The molecule has 1 aliphatic carbocycles. The fraction of sp³-hybridized carbons (Fsp3) is 0.346. The van der Waals surface area contributed by atoms with Crippen LogP contribution in [0.5, 0.6) is 0 Å². The van der Waals surface area contributed by atoms with Crippen LogP contribution in [0.1, 0.15) is 34.7 Å². The molecule has 6 heteroatoms. The van der Waals surface area contributed by atoms with Crippen molar-refractivity contribution in [2.24, 2.45) is 0 Å². The van der Waals surface area contributed by atoms with Crippen LogP contribution in [0.15, 0.2) is 54.7 Å². The van der Waals surface area contributed by atoms with Crippen LogP contribution < -0.4 is 9.80 Å². The third-order valence-electron chi connectivity index (χ3n) is 6.60. The zero-order chi connectivity index (χ0) is 21.3. The minimum atomic E-state index is 0.778. The van der Waals surface area contributed by atoms with Gasteiger partial charge >= 0.3 is 0 Å². The molecule has 162 valence electrons. The predicted molar refractivity (Wildman–Crippen MR) is 132 cm³/mol. The molecular weight excluding hydrogens is 414 g/mol. The summed E-state index contributed by atoms with van der Waals surface area (Å²) in [7, 11) is 0. The highest BCUT2D eigenvalue weighted by molar-refractivity contribution is 7.19. The first-order valence-corrected chi connectivity index (χ1v) is 12.4. The number of hydrogen-bond donors (Lipinski definition) is 0. The van der Waals surface area contributed by atoms with Gasteiger partial charge in [0.05, 0.1) is 5.39 Å². The molecule has 0 atom stereocenters. The smallest absolute Gasteiger partial charge is 0.141 e. The van der Waals surface area contributed by atoms with Gasteiger partial charge in [0.2, 0.25) is 0 Å². The maximum atomic E-state index is 5.19. The summed E-state index contributed by atoms with van der Waals surface area (Å²) in [5, 5.41) is 1.33. The van der Waals surface area contributed by atoms with Crippen LogP contribution in [0.2, 0.25) is 0 Å². The number of thiophene rings is 1. The first-order chi connectivity index (χ1) is 15.8. The van der Waals surface area contributed by atoms with Gasteiger partial charge in [0.1, 0.15) is 22.3 Å². The fourth-order valence-electron chi connectivity index (χ4n) is 4.96. The number of fused-ring (bicyclic) bond motifs is 3. The highest BCUT2D eigenvalue weighted by Crippen LogP contribution is 2.40. The third-order valence-corrected chi connectivity index (χ3v) is 7.79. The first-order valence-electron chi connectivity index (χ1n) is 11.6. The van der Waals surface area contributed by atoms with Gasteiger partial charge in [0.15, 0.2) is 0 Å². The van der Waals surface area contributed by atoms with E-state index in [9.17, 15) is 0 Å². The number of hydrogen-bond acceptors (Lipinski definition) is 6. The molecule has 3 aromatic heterocycles. The van der Waals surface area contributed by atoms with Crippen molar-refractivity contribution in [1.29, 1.82) is 0 Å². The second kappa shape index (κ2) is 8.51. The molecule has 2 aliphatic rings. The monoisotopic (exact) mass is 441 g/mol. The van der Waals surface area contributed by atoms with Gasteiger partial charge < -0.3 is 9.80 Å². The van der Waals surface area contributed by atoms with Crippen LogP contribution in [-0.4, -0.2) is 41.1 Å². The molecule has 4 aromatic rings. The quantitative estimate of drug-likeness (QED) is 0.452. The number of rotatable bonds is 4. The largest absolute Gasteiger partial charge is 0.353 e. The molecule has 0 saturated carbocycles. The molecule has 6 rings (SSSR count). The van der Waals surface area contributed by atoms with Crippen molar-refractivity contribution in [3.63, 3.8) is 0 Å². The number of anilines is 2. The molecular formula is C26H27N5S. The van der Waals surface area contributed by atoms with Gasteiger partial charge in [-0.3, -0.25) is 0 Å². The van der Waals surface area contributed by atoms with Gasteiger partial charge in [-0.2, -0.15) is 0 Å². The lowest BCUT2D eigenvalue weighted by molar-refractivity contribution is 0.641. The fourth-order valence-corrected chi connectivity index (χ4v) is 6.23. The van der Waals surface area contributed by atoms with Crippen molar-refractivity contribution < 1.29 is 0 Å². The Bertz CT molecular complexity index is 1210. The number of pyridine rings is 1. The van der Waals surface area contributed by atoms with Crippen LogP contribution in [-0.2, 0) is 19.3 Å². The summed E-state index contributed by atoms with van der Waals surface area (Å²) >= 11 is 1.90. The van der Waals surface area contributed by atoms with Gasteiger partial charge in [-0.15, -0.1) is 11.3 Å². The van der Waals surface area contributed by atoms with Gasteiger partial charge in [0.25, 0.3) is 0 Å². The lowest BCUT2D eigenvalue weighted by Gasteiger charge is -2.36. The lowest BCUT2D eigenvalue weighted by Crippen LogP contribution is -2.47. The molecule has 1 saturated heterocycles. The molecule has 5 nitrogen and oxygen atoms in total. The molecule has 4 heterocycles. The number of aromatic nitrogens is 3. The van der Waals surface area contributed by atoms with Gasteiger partial charge in [-0.1, -0.05) is 36.4 Å². The van der Waals surface area contributed by atoms with Crippen LogP contribution >= 0.6 is 11.3 Å². The average molecular weight is 442 g/mol. The Kier molecular flexibility index (Phi) is 5.23. The van der Waals surface area contributed by atoms with Gasteiger partial charge in [-0.05, 0) is 48.9 Å². The number of piperazine rings is 1. The summed E-state index contributed by atoms with van der Waals surface area (Å²) in [5.74, 6) is 3.16. The molecule has 0 amide bonds. The highest BCUT2D eigenvalue weighted by Gasteiger charge is 2.26. The van der Waals surface area contributed by atoms with Crippen molar-refractivity contribution in [3.05, 3.63) is 76.6 Å². The summed E-state index contributed by atoms with van der Waals surface area (Å²) in [6.45, 7) is 3.84. The maximum Gasteiger partial charge on any atom is 0.141 e. The Morgan fingerprint density at radius 2 is 1.59 bits per heavy atom. The normalized spacial score (nSPS) is 16.4. The van der Waals surface area contributed by atoms with Crippen molar-refractivity contribution in [2.45, 2.75) is 32.1 Å². The Morgan fingerprint density at radius 3 is 2.41 bits per heavy atom. The first kappa shape index (κ1) is 19.7. The van der Waals surface area contributed by atoms with Gasteiger partial charge in [0, 0.05) is 43.7 Å². The molecule has 0 radical (unpaired) electrons. The molecule has 1 aromatic carbocycles. The van der Waals surface area contributed by atoms with Crippen molar-refractivity contribution >= 4 is 33.2 Å². The van der Waals surface area contributed by atoms with Crippen LogP contribution in [0.3, 0.4) is 0 Å². The van der Waals surface area contributed by atoms with E-state index in [1.807, 2.05) is 23.6 Å². The molecule has 0 N–H and O–H groups in total. The van der Waals surface area contributed by atoms with Crippen molar-refractivity contribution in [2.75, 3.05) is 36.0 Å². The third kappa shape index (κ3) is 3.73. The molecule has 1 aliphatic heterocycles. The standard InChI is InChI=1S/C26H27N5S/c1-2-8-19(9-3-1)18-22-28-25(24-20-10-4-5-11-21(20)32-26(24)29-22)31-16-14-30(15-17-31)23-12-6-7-13-27-23/h1-3,6-9,12-13H,4-5,10-11,14-18H2. The maximum absolute atomic E-state index is 5.19. The Labute approximate surface area is 192 Å². The Hall–Kier alpha value is -2.99. The van der Waals surface area contributed by atoms with E-state index in [1.54, 1.807) is 0 Å². The summed E-state index contributed by atoms with van der Waals surface area (Å²) in [6, 6.07) is 16.7. The summed E-state index contributed by atoms with van der Waals surface area (Å²) in [6.07, 6.45) is 7.58. The molecule has 0 spiro atoms. The van der Waals surface area contributed by atoms with E-state index in [0.717, 1.165) is 56.5 Å². The predicted octanol–water partition coefficient (Wildman–Crippen LogP) is 4.88. The van der Waals surface area contributed by atoms with E-state index >= 15 is 0 Å². The van der Waals surface area contributed by atoms with E-state index in [0.29, 0.717) is 0 Å². The SMILES string of the molecule is c1ccc(Cc2nc(N3CCN(c4ccccn4)CC3)c3c4c(sc3n2)CCCC4)cc1. The Balaban J connectivity index is 1.36. The van der Waals surface area contributed by atoms with Crippen LogP contribution in [0, 0.1) is 0 Å². The second-order valence-electron chi connectivity index (χ2n) is 8.68. The van der Waals surface area contributed by atoms with E-state index in [2.05, 4.69) is 57.2 Å². The summed E-state index contributed by atoms with van der Waals surface area (Å²) in [4.78, 5) is 22.4. The van der Waals surface area contributed by atoms with E-state index in [-0.39, 0.29) is 0 Å². The zero-order valence-corrected chi connectivity index (χ0v) is 19.0. The Morgan fingerprint density at radius 1 is 0.812 bits per heavy atom. The minimum Gasteiger partial charge on any atom is -0.353 e. The number of benzene rings is 1. The van der Waals surface area contributed by atoms with E-state index in [1.165, 1.54) is 45.5 Å². The highest BCUT2D eigenvalue weighted by atomic mass is 32.1.